The van der Waals surface area contributed by atoms with Gasteiger partial charge in [0, 0.05) is 5.56 Å². The van der Waals surface area contributed by atoms with Crippen LogP contribution < -0.4 is 0 Å². The van der Waals surface area contributed by atoms with Gasteiger partial charge in [-0.2, -0.15) is 0 Å². The lowest BCUT2D eigenvalue weighted by molar-refractivity contribution is -0.137. The molecule has 0 aromatic heterocycles. The van der Waals surface area contributed by atoms with Crippen LogP contribution in [0.15, 0.2) is 18.2 Å². The predicted molar refractivity (Wildman–Crippen MR) is 70.8 cm³/mol. The Morgan fingerprint density at radius 2 is 1.83 bits per heavy atom. The molecule has 1 aromatic rings. The summed E-state index contributed by atoms with van der Waals surface area (Å²) in [4.78, 5) is 23.4. The van der Waals surface area contributed by atoms with Gasteiger partial charge in [-0.1, -0.05) is 32.9 Å². The smallest absolute Gasteiger partial charge is 0.379 e. The fourth-order valence-corrected chi connectivity index (χ4v) is 1.64. The minimum atomic E-state index is -0.786. The second-order valence-electron chi connectivity index (χ2n) is 5.33. The van der Waals surface area contributed by atoms with Gasteiger partial charge in [-0.15, -0.1) is 0 Å². The molecule has 0 spiro atoms. The molecule has 0 unspecified atom stereocenters. The van der Waals surface area contributed by atoms with Crippen LogP contribution >= 0.6 is 0 Å². The molecule has 98 valence electrons. The number of hydrogen-bond acceptors (Lipinski definition) is 3. The maximum atomic E-state index is 12.0. The molecule has 0 bridgehead atoms. The Bertz CT molecular complexity index is 467. The van der Waals surface area contributed by atoms with E-state index in [2.05, 4.69) is 20.8 Å². The van der Waals surface area contributed by atoms with Crippen LogP contribution in [0.4, 0.5) is 0 Å². The highest BCUT2D eigenvalue weighted by atomic mass is 16.5. The van der Waals surface area contributed by atoms with Crippen LogP contribution in [-0.2, 0) is 14.9 Å². The third-order valence-corrected chi connectivity index (χ3v) is 2.81. The van der Waals surface area contributed by atoms with Crippen LogP contribution in [-0.4, -0.2) is 18.4 Å². The maximum absolute atomic E-state index is 12.0. The Labute approximate surface area is 108 Å². The third kappa shape index (κ3) is 3.19. The van der Waals surface area contributed by atoms with Crippen molar-refractivity contribution in [2.45, 2.75) is 40.0 Å². The number of benzene rings is 1. The Balaban J connectivity index is 3.16. The second kappa shape index (κ2) is 5.34. The number of carbonyl (C=O) groups excluding carboxylic acids is 2. The summed E-state index contributed by atoms with van der Waals surface area (Å²) in [6.45, 7) is 9.91. The Morgan fingerprint density at radius 1 is 1.22 bits per heavy atom. The van der Waals surface area contributed by atoms with E-state index in [0.717, 1.165) is 11.1 Å². The van der Waals surface area contributed by atoms with Gasteiger partial charge in [0.05, 0.1) is 6.61 Å². The van der Waals surface area contributed by atoms with Crippen molar-refractivity contribution in [3.63, 3.8) is 0 Å². The summed E-state index contributed by atoms with van der Waals surface area (Å²) in [5, 5.41) is 0. The monoisotopic (exact) mass is 248 g/mol. The van der Waals surface area contributed by atoms with E-state index in [9.17, 15) is 9.59 Å². The normalized spacial score (nSPS) is 11.2. The van der Waals surface area contributed by atoms with E-state index >= 15 is 0 Å². The van der Waals surface area contributed by atoms with Gasteiger partial charge in [-0.25, -0.2) is 4.79 Å². The molecule has 0 aliphatic carbocycles. The maximum Gasteiger partial charge on any atom is 0.379 e. The van der Waals surface area contributed by atoms with Crippen LogP contribution in [0.5, 0.6) is 0 Å². The van der Waals surface area contributed by atoms with E-state index in [1.807, 2.05) is 19.1 Å². The number of esters is 1. The lowest BCUT2D eigenvalue weighted by Crippen LogP contribution is -2.20. The van der Waals surface area contributed by atoms with E-state index < -0.39 is 11.8 Å². The molecule has 0 heterocycles. The highest BCUT2D eigenvalue weighted by molar-refractivity contribution is 6.41. The van der Waals surface area contributed by atoms with Crippen molar-refractivity contribution in [3.05, 3.63) is 34.9 Å². The fraction of sp³-hybridized carbons (Fsp3) is 0.467. The average Bonchev–Trinajstić information content (AvgIpc) is 2.27. The molecule has 0 aliphatic rings. The van der Waals surface area contributed by atoms with Crippen molar-refractivity contribution < 1.29 is 14.3 Å². The highest BCUT2D eigenvalue weighted by Gasteiger charge is 2.22. The molecule has 3 heteroatoms. The quantitative estimate of drug-likeness (QED) is 0.469. The van der Waals surface area contributed by atoms with Crippen LogP contribution in [0.25, 0.3) is 0 Å². The van der Waals surface area contributed by atoms with Crippen molar-refractivity contribution in [2.75, 3.05) is 6.61 Å². The number of aryl methyl sites for hydroxylation is 1. The van der Waals surface area contributed by atoms with Crippen LogP contribution in [0.2, 0.25) is 0 Å². The van der Waals surface area contributed by atoms with Crippen LogP contribution in [0.3, 0.4) is 0 Å². The van der Waals surface area contributed by atoms with E-state index in [1.165, 1.54) is 0 Å². The summed E-state index contributed by atoms with van der Waals surface area (Å²) in [6, 6.07) is 5.64. The SMILES string of the molecule is CCOC(=O)C(=O)c1cc(C(C)(C)C)ccc1C. The van der Waals surface area contributed by atoms with Gasteiger partial charge in [0.25, 0.3) is 5.78 Å². The molecule has 18 heavy (non-hydrogen) atoms. The topological polar surface area (TPSA) is 43.4 Å². The Morgan fingerprint density at radius 3 is 2.33 bits per heavy atom. The molecule has 0 radical (unpaired) electrons. The summed E-state index contributed by atoms with van der Waals surface area (Å²) in [6.07, 6.45) is 0. The van der Waals surface area contributed by atoms with Crippen molar-refractivity contribution in [2.24, 2.45) is 0 Å². The molecule has 1 aromatic carbocycles. The van der Waals surface area contributed by atoms with Crippen molar-refractivity contribution >= 4 is 11.8 Å². The third-order valence-electron chi connectivity index (χ3n) is 2.81. The lowest BCUT2D eigenvalue weighted by Gasteiger charge is -2.20. The van der Waals surface area contributed by atoms with Crippen LogP contribution in [0.1, 0.15) is 49.2 Å². The zero-order chi connectivity index (χ0) is 13.9. The van der Waals surface area contributed by atoms with Crippen molar-refractivity contribution in [1.82, 2.24) is 0 Å². The molecule has 1 rings (SSSR count). The number of ether oxygens (including phenoxy) is 1. The molecule has 3 nitrogen and oxygen atoms in total. The van der Waals surface area contributed by atoms with Crippen LogP contribution in [0, 0.1) is 6.92 Å². The predicted octanol–water partition coefficient (Wildman–Crippen LogP) is 3.04. The molecule has 0 fully saturated rings. The molecule has 0 aliphatic heterocycles. The zero-order valence-electron chi connectivity index (χ0n) is 11.7. The standard InChI is InChI=1S/C15H20O3/c1-6-18-14(17)13(16)12-9-11(15(3,4)5)8-7-10(12)2/h7-9H,6H2,1-5H3. The van der Waals surface area contributed by atoms with Gasteiger partial charge < -0.3 is 4.74 Å². The Hall–Kier alpha value is -1.64. The van der Waals surface area contributed by atoms with Crippen molar-refractivity contribution in [3.8, 4) is 0 Å². The highest BCUT2D eigenvalue weighted by Crippen LogP contribution is 2.24. The Kier molecular flexibility index (Phi) is 4.28. The van der Waals surface area contributed by atoms with Crippen molar-refractivity contribution in [1.29, 1.82) is 0 Å². The first-order chi connectivity index (χ1) is 8.27. The first-order valence-corrected chi connectivity index (χ1v) is 6.10. The van der Waals surface area contributed by atoms with E-state index in [4.69, 9.17) is 4.74 Å². The fourth-order valence-electron chi connectivity index (χ4n) is 1.64. The largest absolute Gasteiger partial charge is 0.460 e. The first-order valence-electron chi connectivity index (χ1n) is 6.10. The van der Waals surface area contributed by atoms with Gasteiger partial charge in [0.2, 0.25) is 0 Å². The zero-order valence-corrected chi connectivity index (χ0v) is 11.7. The van der Waals surface area contributed by atoms with E-state index in [1.54, 1.807) is 13.0 Å². The molecule has 0 atom stereocenters. The summed E-state index contributed by atoms with van der Waals surface area (Å²) in [5.74, 6) is -1.35. The molecule has 0 saturated carbocycles. The van der Waals surface area contributed by atoms with Gasteiger partial charge in [0.1, 0.15) is 0 Å². The van der Waals surface area contributed by atoms with E-state index in [0.29, 0.717) is 5.56 Å². The average molecular weight is 248 g/mol. The summed E-state index contributed by atoms with van der Waals surface area (Å²) in [5.41, 5.74) is 2.19. The molecular formula is C15H20O3. The second-order valence-corrected chi connectivity index (χ2v) is 5.33. The first kappa shape index (κ1) is 14.4. The van der Waals surface area contributed by atoms with Gasteiger partial charge in [-0.3, -0.25) is 4.79 Å². The number of carbonyl (C=O) groups is 2. The lowest BCUT2D eigenvalue weighted by atomic mass is 9.85. The molecule has 0 amide bonds. The van der Waals surface area contributed by atoms with Gasteiger partial charge in [0.15, 0.2) is 0 Å². The molecule has 0 N–H and O–H groups in total. The molecular weight excluding hydrogens is 228 g/mol. The van der Waals surface area contributed by atoms with E-state index in [-0.39, 0.29) is 12.0 Å². The minimum absolute atomic E-state index is 0.0581. The summed E-state index contributed by atoms with van der Waals surface area (Å²) < 4.78 is 4.75. The van der Waals surface area contributed by atoms with Gasteiger partial charge in [-0.05, 0) is 36.5 Å². The number of Topliss-reactive ketones (excluding diaryl/α,β-unsaturated/α-hetero) is 1. The number of rotatable bonds is 3. The number of hydrogen-bond donors (Lipinski definition) is 0. The number of ketones is 1. The molecule has 0 saturated heterocycles. The van der Waals surface area contributed by atoms with Gasteiger partial charge >= 0.3 is 5.97 Å². The minimum Gasteiger partial charge on any atom is -0.460 e. The summed E-state index contributed by atoms with van der Waals surface area (Å²) in [7, 11) is 0. The summed E-state index contributed by atoms with van der Waals surface area (Å²) >= 11 is 0.